The van der Waals surface area contributed by atoms with Crippen LogP contribution in [0.3, 0.4) is 0 Å². The molecule has 28 heavy (non-hydrogen) atoms. The highest BCUT2D eigenvalue weighted by Gasteiger charge is 2.51. The fourth-order valence-electron chi connectivity index (χ4n) is 5.69. The second-order valence-electron chi connectivity index (χ2n) is 8.82. The number of fused-ring (bicyclic) bond motifs is 1. The van der Waals surface area contributed by atoms with E-state index in [4.69, 9.17) is 0 Å². The molecular weight excluding hydrogens is 340 g/mol. The number of hydrogen-bond acceptors (Lipinski definition) is 2. The van der Waals surface area contributed by atoms with Gasteiger partial charge in [-0.15, -0.1) is 0 Å². The van der Waals surface area contributed by atoms with Gasteiger partial charge in [0.05, 0.1) is 11.2 Å². The van der Waals surface area contributed by atoms with Crippen LogP contribution in [0.1, 0.15) is 56.8 Å². The van der Waals surface area contributed by atoms with E-state index in [9.17, 15) is 0 Å². The van der Waals surface area contributed by atoms with Crippen LogP contribution in [0.2, 0.25) is 0 Å². The predicted molar refractivity (Wildman–Crippen MR) is 117 cm³/mol. The van der Waals surface area contributed by atoms with E-state index in [2.05, 4.69) is 97.3 Å². The van der Waals surface area contributed by atoms with Gasteiger partial charge in [0.25, 0.3) is 0 Å². The molecule has 0 aromatic heterocycles. The maximum Gasteiger partial charge on any atom is 0.133 e. The zero-order valence-corrected chi connectivity index (χ0v) is 17.2. The van der Waals surface area contributed by atoms with Crippen molar-refractivity contribution in [1.82, 2.24) is 4.90 Å². The number of allylic oxidation sites excluding steroid dienone is 2. The summed E-state index contributed by atoms with van der Waals surface area (Å²) in [4.78, 5) is 5.29. The van der Waals surface area contributed by atoms with Crippen LogP contribution in [-0.2, 0) is 0 Å². The van der Waals surface area contributed by atoms with Gasteiger partial charge in [0, 0.05) is 11.4 Å². The SMILES string of the molecule is CC1=C2C=CC(C)(C3CCCC3)N2C(c2ccccc2)N1c1ccccc1C. The molecule has 2 unspecified atom stereocenters. The molecule has 0 radical (unpaired) electrons. The molecular formula is C26H30N2. The molecule has 2 aliphatic heterocycles. The second kappa shape index (κ2) is 6.55. The lowest BCUT2D eigenvalue weighted by molar-refractivity contribution is 0.112. The summed E-state index contributed by atoms with van der Waals surface area (Å²) in [5, 5.41) is 0. The van der Waals surface area contributed by atoms with Crippen molar-refractivity contribution >= 4 is 5.69 Å². The number of nitrogens with zero attached hydrogens (tertiary/aromatic N) is 2. The van der Waals surface area contributed by atoms with Crippen LogP contribution >= 0.6 is 0 Å². The van der Waals surface area contributed by atoms with Crippen molar-refractivity contribution in [3.63, 3.8) is 0 Å². The first-order valence-corrected chi connectivity index (χ1v) is 10.7. The third-order valence-electron chi connectivity index (χ3n) is 7.23. The Balaban J connectivity index is 1.68. The normalized spacial score (nSPS) is 27.2. The number of hydrogen-bond donors (Lipinski definition) is 0. The van der Waals surface area contributed by atoms with Crippen LogP contribution in [0.15, 0.2) is 78.1 Å². The van der Waals surface area contributed by atoms with Gasteiger partial charge in [-0.3, -0.25) is 0 Å². The molecule has 2 atom stereocenters. The quantitative estimate of drug-likeness (QED) is 0.603. The number of benzene rings is 2. The van der Waals surface area contributed by atoms with E-state index in [0.29, 0.717) is 0 Å². The van der Waals surface area contributed by atoms with Gasteiger partial charge in [-0.05, 0) is 62.8 Å². The molecule has 2 nitrogen and oxygen atoms in total. The highest BCUT2D eigenvalue weighted by Crippen LogP contribution is 2.54. The maximum absolute atomic E-state index is 2.72. The lowest BCUT2D eigenvalue weighted by Crippen LogP contribution is -2.48. The van der Waals surface area contributed by atoms with Crippen molar-refractivity contribution in [2.45, 2.75) is 58.2 Å². The van der Waals surface area contributed by atoms with Crippen LogP contribution in [0, 0.1) is 12.8 Å². The molecule has 1 fully saturated rings. The molecule has 0 spiro atoms. The summed E-state index contributed by atoms with van der Waals surface area (Å²) in [6.07, 6.45) is 10.5. The van der Waals surface area contributed by atoms with Crippen LogP contribution in [0.5, 0.6) is 0 Å². The summed E-state index contributed by atoms with van der Waals surface area (Å²) < 4.78 is 0. The second-order valence-corrected chi connectivity index (χ2v) is 8.82. The Hall–Kier alpha value is -2.48. The van der Waals surface area contributed by atoms with Crippen molar-refractivity contribution in [2.75, 3.05) is 4.90 Å². The molecule has 0 bridgehead atoms. The molecule has 1 aliphatic carbocycles. The molecule has 0 N–H and O–H groups in total. The first kappa shape index (κ1) is 17.6. The molecule has 0 amide bonds. The molecule has 0 saturated heterocycles. The Morgan fingerprint density at radius 3 is 2.29 bits per heavy atom. The molecule has 5 rings (SSSR count). The van der Waals surface area contributed by atoms with Gasteiger partial charge in [-0.2, -0.15) is 0 Å². The Bertz CT molecular complexity index is 936. The minimum Gasteiger partial charge on any atom is -0.336 e. The number of rotatable bonds is 3. The Morgan fingerprint density at radius 1 is 0.893 bits per heavy atom. The third-order valence-corrected chi connectivity index (χ3v) is 7.23. The van der Waals surface area contributed by atoms with E-state index < -0.39 is 0 Å². The van der Waals surface area contributed by atoms with E-state index >= 15 is 0 Å². The summed E-state index contributed by atoms with van der Waals surface area (Å²) in [5.41, 5.74) is 6.86. The van der Waals surface area contributed by atoms with Crippen molar-refractivity contribution < 1.29 is 0 Å². The molecule has 3 aliphatic rings. The van der Waals surface area contributed by atoms with Gasteiger partial charge < -0.3 is 9.80 Å². The van der Waals surface area contributed by atoms with E-state index in [0.717, 1.165) is 5.92 Å². The fraction of sp³-hybridized carbons (Fsp3) is 0.385. The number of para-hydroxylation sites is 1. The number of aryl methyl sites for hydroxylation is 1. The van der Waals surface area contributed by atoms with Crippen molar-refractivity contribution in [3.05, 3.63) is 89.3 Å². The third kappa shape index (κ3) is 2.47. The van der Waals surface area contributed by atoms with Crippen molar-refractivity contribution in [2.24, 2.45) is 5.92 Å². The first-order chi connectivity index (χ1) is 13.6. The highest BCUT2D eigenvalue weighted by molar-refractivity contribution is 5.64. The minimum absolute atomic E-state index is 0.0883. The molecule has 1 saturated carbocycles. The first-order valence-electron chi connectivity index (χ1n) is 10.7. The molecule has 2 heteroatoms. The Labute approximate surface area is 169 Å². The van der Waals surface area contributed by atoms with Crippen LogP contribution in [0.4, 0.5) is 5.69 Å². The summed E-state index contributed by atoms with van der Waals surface area (Å²) in [7, 11) is 0. The number of anilines is 1. The van der Waals surface area contributed by atoms with E-state index in [1.54, 1.807) is 0 Å². The van der Waals surface area contributed by atoms with Gasteiger partial charge in [0.2, 0.25) is 0 Å². The van der Waals surface area contributed by atoms with Crippen LogP contribution in [-0.4, -0.2) is 10.4 Å². The van der Waals surface area contributed by atoms with Gasteiger partial charge in [0.15, 0.2) is 0 Å². The highest BCUT2D eigenvalue weighted by atomic mass is 15.5. The summed E-state index contributed by atoms with van der Waals surface area (Å²) in [5.74, 6) is 0.733. The molecule has 2 heterocycles. The van der Waals surface area contributed by atoms with Crippen molar-refractivity contribution in [3.8, 4) is 0 Å². The predicted octanol–water partition coefficient (Wildman–Crippen LogP) is 6.57. The zero-order valence-electron chi connectivity index (χ0n) is 17.2. The van der Waals surface area contributed by atoms with Crippen LogP contribution < -0.4 is 4.90 Å². The Morgan fingerprint density at radius 2 is 1.57 bits per heavy atom. The Kier molecular flexibility index (Phi) is 4.12. The molecule has 2 aromatic rings. The minimum atomic E-state index is 0.0883. The largest absolute Gasteiger partial charge is 0.336 e. The van der Waals surface area contributed by atoms with Gasteiger partial charge >= 0.3 is 0 Å². The standard InChI is InChI=1S/C26H30N2/c1-19-11-7-10-16-23(19)27-20(2)24-17-18-26(3,22-14-8-9-15-22)28(24)25(27)21-12-5-4-6-13-21/h4-7,10-13,16-18,22,25H,8-9,14-15H2,1-3H3. The van der Waals surface area contributed by atoms with Gasteiger partial charge in [0.1, 0.15) is 6.17 Å². The van der Waals surface area contributed by atoms with Gasteiger partial charge in [-0.1, -0.05) is 67.4 Å². The van der Waals surface area contributed by atoms with Gasteiger partial charge in [-0.25, -0.2) is 0 Å². The van der Waals surface area contributed by atoms with Crippen LogP contribution in [0.25, 0.3) is 0 Å². The maximum atomic E-state index is 2.72. The summed E-state index contributed by atoms with van der Waals surface area (Å²) in [6, 6.07) is 19.9. The van der Waals surface area contributed by atoms with E-state index in [1.807, 2.05) is 0 Å². The summed E-state index contributed by atoms with van der Waals surface area (Å²) >= 11 is 0. The fourth-order valence-corrected chi connectivity index (χ4v) is 5.69. The smallest absolute Gasteiger partial charge is 0.133 e. The lowest BCUT2D eigenvalue weighted by atomic mass is 9.83. The van der Waals surface area contributed by atoms with E-state index in [1.165, 1.54) is 53.9 Å². The molecule has 2 aromatic carbocycles. The molecule has 144 valence electrons. The average Bonchev–Trinajstić information content (AvgIpc) is 3.42. The summed E-state index contributed by atoms with van der Waals surface area (Å²) in [6.45, 7) is 6.99. The monoisotopic (exact) mass is 370 g/mol. The average molecular weight is 371 g/mol. The topological polar surface area (TPSA) is 6.48 Å². The van der Waals surface area contributed by atoms with E-state index in [-0.39, 0.29) is 11.7 Å². The lowest BCUT2D eigenvalue weighted by Gasteiger charge is -2.46. The zero-order chi connectivity index (χ0) is 19.3. The van der Waals surface area contributed by atoms with Crippen molar-refractivity contribution in [1.29, 1.82) is 0 Å².